The number of hydrogen-bond donors (Lipinski definition) is 0. The van der Waals surface area contributed by atoms with Crippen molar-refractivity contribution in [1.82, 2.24) is 4.57 Å². The van der Waals surface area contributed by atoms with Crippen molar-refractivity contribution in [2.24, 2.45) is 0 Å². The molecule has 0 radical (unpaired) electrons. The minimum atomic E-state index is 1.12. The summed E-state index contributed by atoms with van der Waals surface area (Å²) in [5.41, 5.74) is 9.31. The molecule has 0 saturated carbocycles. The smallest absolute Gasteiger partial charge is 0.0562 e. The molecule has 0 saturated heterocycles. The molecule has 10 aromatic rings. The van der Waals surface area contributed by atoms with Crippen LogP contribution in [-0.4, -0.2) is 4.57 Å². The van der Waals surface area contributed by atoms with Crippen LogP contribution >= 0.6 is 11.3 Å². The van der Waals surface area contributed by atoms with Gasteiger partial charge in [-0.3, -0.25) is 0 Å². The maximum atomic E-state index is 2.45. The van der Waals surface area contributed by atoms with E-state index in [4.69, 9.17) is 0 Å². The molecule has 0 fully saturated rings. The van der Waals surface area contributed by atoms with E-state index in [1.165, 1.54) is 63.9 Å². The molecular weight excluding hydrogens is 613 g/mol. The Labute approximate surface area is 288 Å². The topological polar surface area (TPSA) is 8.17 Å². The van der Waals surface area contributed by atoms with Crippen molar-refractivity contribution in [3.63, 3.8) is 0 Å². The van der Waals surface area contributed by atoms with Gasteiger partial charge in [-0.2, -0.15) is 0 Å². The highest BCUT2D eigenvalue weighted by atomic mass is 32.1. The second-order valence-corrected chi connectivity index (χ2v) is 13.7. The predicted octanol–water partition coefficient (Wildman–Crippen LogP) is 13.4. The Bertz CT molecular complexity index is 2830. The van der Waals surface area contributed by atoms with Crippen molar-refractivity contribution in [3.8, 4) is 16.8 Å². The summed E-state index contributed by atoms with van der Waals surface area (Å²) >= 11 is 1.87. The first-order chi connectivity index (χ1) is 24.3. The first-order valence-electron chi connectivity index (χ1n) is 16.7. The zero-order chi connectivity index (χ0) is 32.3. The van der Waals surface area contributed by atoms with E-state index < -0.39 is 0 Å². The summed E-state index contributed by atoms with van der Waals surface area (Å²) in [5.74, 6) is 0. The molecule has 0 N–H and O–H groups in total. The molecule has 49 heavy (non-hydrogen) atoms. The molecule has 0 aliphatic rings. The summed E-state index contributed by atoms with van der Waals surface area (Å²) in [6.07, 6.45) is 0. The van der Waals surface area contributed by atoms with Gasteiger partial charge in [-0.05, 0) is 94.7 Å². The monoisotopic (exact) mass is 642 g/mol. The molecule has 0 aliphatic heterocycles. The Hall–Kier alpha value is -6.16. The summed E-state index contributed by atoms with van der Waals surface area (Å²) in [7, 11) is 0. The number of benzene rings is 8. The second-order valence-electron chi connectivity index (χ2n) is 12.6. The van der Waals surface area contributed by atoms with Crippen LogP contribution in [-0.2, 0) is 0 Å². The molecule has 0 amide bonds. The van der Waals surface area contributed by atoms with Crippen LogP contribution < -0.4 is 4.90 Å². The van der Waals surface area contributed by atoms with E-state index >= 15 is 0 Å². The second kappa shape index (κ2) is 11.2. The zero-order valence-electron chi connectivity index (χ0n) is 26.6. The number of anilines is 3. The fourth-order valence-corrected chi connectivity index (χ4v) is 8.66. The average molecular weight is 643 g/mol. The Morgan fingerprint density at radius 3 is 1.98 bits per heavy atom. The number of hydrogen-bond acceptors (Lipinski definition) is 2. The number of nitrogens with zero attached hydrogens (tertiary/aromatic N) is 2. The Morgan fingerprint density at radius 1 is 0.408 bits per heavy atom. The zero-order valence-corrected chi connectivity index (χ0v) is 27.4. The van der Waals surface area contributed by atoms with Crippen molar-refractivity contribution in [3.05, 3.63) is 182 Å². The van der Waals surface area contributed by atoms with E-state index in [0.29, 0.717) is 0 Å². The summed E-state index contributed by atoms with van der Waals surface area (Å²) in [6.45, 7) is 0. The third kappa shape index (κ3) is 4.55. The van der Waals surface area contributed by atoms with Crippen molar-refractivity contribution in [1.29, 1.82) is 0 Å². The summed E-state index contributed by atoms with van der Waals surface area (Å²) in [5, 5.41) is 7.58. The summed E-state index contributed by atoms with van der Waals surface area (Å²) < 4.78 is 5.05. The fraction of sp³-hybridized carbons (Fsp3) is 0. The van der Waals surface area contributed by atoms with E-state index in [0.717, 1.165) is 22.7 Å². The predicted molar refractivity (Wildman–Crippen MR) is 211 cm³/mol. The molecule has 0 spiro atoms. The minimum absolute atomic E-state index is 1.12. The van der Waals surface area contributed by atoms with Crippen molar-refractivity contribution < 1.29 is 0 Å². The van der Waals surface area contributed by atoms with Gasteiger partial charge in [0.1, 0.15) is 0 Å². The van der Waals surface area contributed by atoms with E-state index in [1.807, 2.05) is 11.3 Å². The van der Waals surface area contributed by atoms with Gasteiger partial charge in [0.05, 0.1) is 16.7 Å². The van der Waals surface area contributed by atoms with Crippen LogP contribution in [0.1, 0.15) is 0 Å². The molecule has 0 atom stereocenters. The molecule has 10 rings (SSSR count). The SMILES string of the molecule is c1ccc(-c2cccc(N(c3ccc4cc5sc6ccccc6c5cc4c3)c3cccc4c3c3ccccc3n4-c3ccccc3)c2)cc1. The van der Waals surface area contributed by atoms with Gasteiger partial charge in [-0.1, -0.05) is 109 Å². The van der Waals surface area contributed by atoms with Gasteiger partial charge in [-0.25, -0.2) is 0 Å². The number of fused-ring (bicyclic) bond motifs is 7. The lowest BCUT2D eigenvalue weighted by atomic mass is 10.0. The largest absolute Gasteiger partial charge is 0.310 e. The van der Waals surface area contributed by atoms with Crippen LogP contribution in [0, 0.1) is 0 Å². The maximum absolute atomic E-state index is 2.45. The van der Waals surface area contributed by atoms with Crippen LogP contribution in [0.15, 0.2) is 182 Å². The number of rotatable bonds is 5. The quantitative estimate of drug-likeness (QED) is 0.181. The van der Waals surface area contributed by atoms with Gasteiger partial charge in [0.15, 0.2) is 0 Å². The van der Waals surface area contributed by atoms with Crippen LogP contribution in [0.25, 0.3) is 69.6 Å². The molecule has 0 unspecified atom stereocenters. The maximum Gasteiger partial charge on any atom is 0.0562 e. The standard InChI is InChI=1S/C46H30N2S/c1-3-13-31(14-4-1)32-15-11-18-36(27-32)47(37-26-25-33-30-45-40(29-34(33)28-37)38-19-8-10-24-44(38)49-45)42-22-12-23-43-46(42)39-20-7-9-21-41(39)48(43)35-16-5-2-6-17-35/h1-30H. The Kier molecular flexibility index (Phi) is 6.39. The fourth-order valence-electron chi connectivity index (χ4n) is 7.52. The first kappa shape index (κ1) is 27.9. The molecule has 8 aromatic carbocycles. The minimum Gasteiger partial charge on any atom is -0.310 e. The van der Waals surface area contributed by atoms with Crippen molar-refractivity contribution >= 4 is 81.1 Å². The average Bonchev–Trinajstić information content (AvgIpc) is 3.70. The van der Waals surface area contributed by atoms with Gasteiger partial charge >= 0.3 is 0 Å². The van der Waals surface area contributed by atoms with Crippen LogP contribution in [0.5, 0.6) is 0 Å². The number of aromatic nitrogens is 1. The van der Waals surface area contributed by atoms with Crippen LogP contribution in [0.4, 0.5) is 17.1 Å². The molecular formula is C46H30N2S. The number of para-hydroxylation sites is 2. The van der Waals surface area contributed by atoms with E-state index in [1.54, 1.807) is 0 Å². The molecule has 0 bridgehead atoms. The molecule has 2 heterocycles. The lowest BCUT2D eigenvalue weighted by Crippen LogP contribution is -2.10. The molecule has 230 valence electrons. The van der Waals surface area contributed by atoms with Gasteiger partial charge < -0.3 is 9.47 Å². The molecule has 3 heteroatoms. The molecule has 2 aromatic heterocycles. The van der Waals surface area contributed by atoms with Crippen LogP contribution in [0.2, 0.25) is 0 Å². The third-order valence-electron chi connectivity index (χ3n) is 9.72. The van der Waals surface area contributed by atoms with Crippen molar-refractivity contribution in [2.75, 3.05) is 4.90 Å². The van der Waals surface area contributed by atoms with Gasteiger partial charge in [0.25, 0.3) is 0 Å². The highest BCUT2D eigenvalue weighted by molar-refractivity contribution is 7.25. The van der Waals surface area contributed by atoms with Crippen molar-refractivity contribution in [2.45, 2.75) is 0 Å². The summed E-state index contributed by atoms with van der Waals surface area (Å²) in [6, 6.07) is 66.2. The van der Waals surface area contributed by atoms with E-state index in [-0.39, 0.29) is 0 Å². The van der Waals surface area contributed by atoms with Gasteiger partial charge in [0, 0.05) is 48.0 Å². The molecule has 2 nitrogen and oxygen atoms in total. The lowest BCUT2D eigenvalue weighted by molar-refractivity contribution is 1.18. The Balaban J connectivity index is 1.26. The normalized spacial score (nSPS) is 11.7. The lowest BCUT2D eigenvalue weighted by Gasteiger charge is -2.27. The first-order valence-corrected chi connectivity index (χ1v) is 17.5. The third-order valence-corrected chi connectivity index (χ3v) is 10.9. The Morgan fingerprint density at radius 2 is 1.10 bits per heavy atom. The van der Waals surface area contributed by atoms with Crippen LogP contribution in [0.3, 0.4) is 0 Å². The highest BCUT2D eigenvalue weighted by Crippen LogP contribution is 2.45. The summed E-state index contributed by atoms with van der Waals surface area (Å²) in [4.78, 5) is 2.45. The highest BCUT2D eigenvalue weighted by Gasteiger charge is 2.21. The number of thiophene rings is 1. The van der Waals surface area contributed by atoms with E-state index in [2.05, 4.69) is 191 Å². The van der Waals surface area contributed by atoms with E-state index in [9.17, 15) is 0 Å². The molecule has 0 aliphatic carbocycles. The van der Waals surface area contributed by atoms with Gasteiger partial charge in [-0.15, -0.1) is 11.3 Å². The van der Waals surface area contributed by atoms with Gasteiger partial charge in [0.2, 0.25) is 0 Å².